The van der Waals surface area contributed by atoms with Crippen LogP contribution in [0.15, 0.2) is 18.2 Å². The largest absolute Gasteiger partial charge is 0.487 e. The summed E-state index contributed by atoms with van der Waals surface area (Å²) >= 11 is 0. The average Bonchev–Trinajstić information content (AvgIpc) is 2.36. The highest BCUT2D eigenvalue weighted by atomic mass is 16.5. The van der Waals surface area contributed by atoms with Crippen LogP contribution >= 0.6 is 0 Å². The molecule has 0 saturated carbocycles. The minimum atomic E-state index is -0.0757. The zero-order valence-electron chi connectivity index (χ0n) is 12.9. The lowest BCUT2D eigenvalue weighted by Gasteiger charge is -2.43. The topological polar surface area (TPSA) is 21.3 Å². The summed E-state index contributed by atoms with van der Waals surface area (Å²) in [5.74, 6) is 1.56. The van der Waals surface area contributed by atoms with Gasteiger partial charge in [0.2, 0.25) is 0 Å². The van der Waals surface area contributed by atoms with Crippen LogP contribution in [0.2, 0.25) is 0 Å². The van der Waals surface area contributed by atoms with Crippen molar-refractivity contribution in [3.8, 4) is 5.75 Å². The summed E-state index contributed by atoms with van der Waals surface area (Å²) in [6.07, 6.45) is 2.21. The van der Waals surface area contributed by atoms with Gasteiger partial charge in [-0.15, -0.1) is 0 Å². The molecule has 0 aliphatic carbocycles. The minimum absolute atomic E-state index is 0.0757. The number of hydrogen-bond acceptors (Lipinski definition) is 2. The van der Waals surface area contributed by atoms with Crippen molar-refractivity contribution in [1.82, 2.24) is 5.32 Å². The summed E-state index contributed by atoms with van der Waals surface area (Å²) in [5, 5.41) is 3.68. The molecule has 0 saturated heterocycles. The van der Waals surface area contributed by atoms with E-state index < -0.39 is 0 Å². The smallest absolute Gasteiger partial charge is 0.124 e. The van der Waals surface area contributed by atoms with E-state index >= 15 is 0 Å². The van der Waals surface area contributed by atoms with Gasteiger partial charge in [-0.2, -0.15) is 0 Å². The van der Waals surface area contributed by atoms with Crippen molar-refractivity contribution >= 4 is 0 Å². The third-order valence-electron chi connectivity index (χ3n) is 4.36. The van der Waals surface area contributed by atoms with Crippen LogP contribution in [-0.2, 0) is 0 Å². The minimum Gasteiger partial charge on any atom is -0.487 e. The first-order valence-corrected chi connectivity index (χ1v) is 7.49. The van der Waals surface area contributed by atoms with Gasteiger partial charge in [-0.1, -0.05) is 38.5 Å². The lowest BCUT2D eigenvalue weighted by Crippen LogP contribution is -2.45. The molecule has 2 rings (SSSR count). The van der Waals surface area contributed by atoms with E-state index in [2.05, 4.69) is 58.1 Å². The molecular formula is C17H27NO. The average molecular weight is 261 g/mol. The maximum Gasteiger partial charge on any atom is 0.124 e. The highest BCUT2D eigenvalue weighted by Crippen LogP contribution is 2.42. The molecule has 0 aromatic heterocycles. The monoisotopic (exact) mass is 261 g/mol. The SMILES string of the molecule is CCCNC1CC(C)(C(C)C)Oc2ccc(C)cc21. The van der Waals surface area contributed by atoms with Crippen LogP contribution < -0.4 is 10.1 Å². The number of fused-ring (bicyclic) bond motifs is 1. The predicted molar refractivity (Wildman–Crippen MR) is 80.7 cm³/mol. The molecule has 19 heavy (non-hydrogen) atoms. The molecule has 1 aromatic rings. The molecule has 0 bridgehead atoms. The van der Waals surface area contributed by atoms with E-state index in [1.807, 2.05) is 0 Å². The molecule has 1 heterocycles. The summed E-state index contributed by atoms with van der Waals surface area (Å²) in [6.45, 7) is 12.2. The van der Waals surface area contributed by atoms with Crippen LogP contribution in [-0.4, -0.2) is 12.1 Å². The molecule has 1 aliphatic heterocycles. The molecule has 0 amide bonds. The Kier molecular flexibility index (Phi) is 4.19. The molecule has 1 N–H and O–H groups in total. The first kappa shape index (κ1) is 14.4. The van der Waals surface area contributed by atoms with Crippen molar-refractivity contribution in [3.05, 3.63) is 29.3 Å². The fourth-order valence-electron chi connectivity index (χ4n) is 2.70. The maximum absolute atomic E-state index is 6.31. The van der Waals surface area contributed by atoms with Crippen molar-refractivity contribution < 1.29 is 4.74 Å². The van der Waals surface area contributed by atoms with Gasteiger partial charge in [0.1, 0.15) is 11.4 Å². The third kappa shape index (κ3) is 2.94. The summed E-state index contributed by atoms with van der Waals surface area (Å²) in [5.41, 5.74) is 2.55. The van der Waals surface area contributed by atoms with Gasteiger partial charge in [0.05, 0.1) is 0 Å². The quantitative estimate of drug-likeness (QED) is 0.875. The molecule has 1 aromatic carbocycles. The third-order valence-corrected chi connectivity index (χ3v) is 4.36. The Bertz CT molecular complexity index is 441. The summed E-state index contributed by atoms with van der Waals surface area (Å²) < 4.78 is 6.31. The second-order valence-electron chi connectivity index (χ2n) is 6.32. The Balaban J connectivity index is 2.34. The van der Waals surface area contributed by atoms with Crippen molar-refractivity contribution in [2.24, 2.45) is 5.92 Å². The van der Waals surface area contributed by atoms with Gasteiger partial charge >= 0.3 is 0 Å². The Morgan fingerprint density at radius 2 is 2.16 bits per heavy atom. The van der Waals surface area contributed by atoms with E-state index in [1.165, 1.54) is 11.1 Å². The normalized spacial score (nSPS) is 26.1. The van der Waals surface area contributed by atoms with Gasteiger partial charge in [-0.3, -0.25) is 0 Å². The highest BCUT2D eigenvalue weighted by Gasteiger charge is 2.39. The van der Waals surface area contributed by atoms with E-state index in [4.69, 9.17) is 4.74 Å². The van der Waals surface area contributed by atoms with Gasteiger partial charge in [-0.05, 0) is 38.8 Å². The fourth-order valence-corrected chi connectivity index (χ4v) is 2.70. The Morgan fingerprint density at radius 1 is 1.42 bits per heavy atom. The molecule has 0 fully saturated rings. The van der Waals surface area contributed by atoms with E-state index in [1.54, 1.807) is 0 Å². The van der Waals surface area contributed by atoms with Gasteiger partial charge in [-0.25, -0.2) is 0 Å². The van der Waals surface area contributed by atoms with Crippen LogP contribution in [0.3, 0.4) is 0 Å². The molecule has 1 aliphatic rings. The van der Waals surface area contributed by atoms with E-state index in [0.717, 1.165) is 25.1 Å². The van der Waals surface area contributed by atoms with Crippen molar-refractivity contribution in [1.29, 1.82) is 0 Å². The van der Waals surface area contributed by atoms with Gasteiger partial charge in [0, 0.05) is 18.0 Å². The first-order chi connectivity index (χ1) is 8.96. The van der Waals surface area contributed by atoms with E-state index in [0.29, 0.717) is 12.0 Å². The Labute approximate surface area is 117 Å². The van der Waals surface area contributed by atoms with Gasteiger partial charge < -0.3 is 10.1 Å². The first-order valence-electron chi connectivity index (χ1n) is 7.49. The van der Waals surface area contributed by atoms with Gasteiger partial charge in [0.15, 0.2) is 0 Å². The molecule has 2 heteroatoms. The molecule has 2 unspecified atom stereocenters. The van der Waals surface area contributed by atoms with Crippen LogP contribution in [0.5, 0.6) is 5.75 Å². The second-order valence-corrected chi connectivity index (χ2v) is 6.32. The zero-order chi connectivity index (χ0) is 14.0. The van der Waals surface area contributed by atoms with Crippen molar-refractivity contribution in [2.75, 3.05) is 6.54 Å². The zero-order valence-corrected chi connectivity index (χ0v) is 12.9. The van der Waals surface area contributed by atoms with Crippen LogP contribution in [0, 0.1) is 12.8 Å². The second kappa shape index (κ2) is 5.54. The fraction of sp³-hybridized carbons (Fsp3) is 0.647. The van der Waals surface area contributed by atoms with Crippen molar-refractivity contribution in [2.45, 2.75) is 59.1 Å². The van der Waals surface area contributed by atoms with Crippen molar-refractivity contribution in [3.63, 3.8) is 0 Å². The lowest BCUT2D eigenvalue weighted by molar-refractivity contribution is 0.00589. The number of nitrogens with one attached hydrogen (secondary N) is 1. The standard InChI is InChI=1S/C17H27NO/c1-6-9-18-15-11-17(5,12(2)3)19-16-8-7-13(4)10-14(15)16/h7-8,10,12,15,18H,6,9,11H2,1-5H3. The number of rotatable bonds is 4. The number of benzene rings is 1. The Morgan fingerprint density at radius 3 is 2.79 bits per heavy atom. The molecule has 2 nitrogen and oxygen atoms in total. The van der Waals surface area contributed by atoms with E-state index in [9.17, 15) is 0 Å². The molecule has 106 valence electrons. The summed E-state index contributed by atoms with van der Waals surface area (Å²) in [7, 11) is 0. The number of ether oxygens (including phenoxy) is 1. The van der Waals surface area contributed by atoms with Crippen LogP contribution in [0.25, 0.3) is 0 Å². The van der Waals surface area contributed by atoms with Crippen LogP contribution in [0.4, 0.5) is 0 Å². The maximum atomic E-state index is 6.31. The van der Waals surface area contributed by atoms with Gasteiger partial charge in [0.25, 0.3) is 0 Å². The summed E-state index contributed by atoms with van der Waals surface area (Å²) in [4.78, 5) is 0. The number of aryl methyl sites for hydroxylation is 1. The molecular weight excluding hydrogens is 234 g/mol. The predicted octanol–water partition coefficient (Wildman–Crippen LogP) is 4.23. The molecule has 0 spiro atoms. The summed E-state index contributed by atoms with van der Waals surface area (Å²) in [6, 6.07) is 6.95. The number of hydrogen-bond donors (Lipinski definition) is 1. The molecule has 2 atom stereocenters. The van der Waals surface area contributed by atoms with Crippen LogP contribution in [0.1, 0.15) is 57.7 Å². The van der Waals surface area contributed by atoms with E-state index in [-0.39, 0.29) is 5.60 Å². The Hall–Kier alpha value is -1.02. The highest BCUT2D eigenvalue weighted by molar-refractivity contribution is 5.41. The molecule has 0 radical (unpaired) electrons. The lowest BCUT2D eigenvalue weighted by atomic mass is 9.81.